The number of aromatic nitrogens is 3. The molecule has 0 saturated carbocycles. The number of halogens is 3. The minimum atomic E-state index is -4.40. The van der Waals surface area contributed by atoms with E-state index in [1.807, 2.05) is 6.92 Å². The van der Waals surface area contributed by atoms with Gasteiger partial charge in [-0.2, -0.15) is 18.3 Å². The molecule has 0 radical (unpaired) electrons. The summed E-state index contributed by atoms with van der Waals surface area (Å²) in [6, 6.07) is 4.19. The molecule has 2 aromatic rings. The van der Waals surface area contributed by atoms with Crippen LogP contribution in [0.25, 0.3) is 0 Å². The number of alkyl halides is 3. The number of carbonyl (C=O) groups excluding carboxylic acids is 1. The van der Waals surface area contributed by atoms with E-state index < -0.39 is 11.7 Å². The molecule has 0 aliphatic rings. The lowest BCUT2D eigenvalue weighted by Crippen LogP contribution is -2.12. The maximum atomic E-state index is 12.5. The molecule has 0 atom stereocenters. The Morgan fingerprint density at radius 2 is 1.90 bits per heavy atom. The fourth-order valence-electron chi connectivity index (χ4n) is 1.91. The highest BCUT2D eigenvalue weighted by atomic mass is 19.4. The number of nitrogens with zero attached hydrogens (tertiary/aromatic N) is 3. The number of Topliss-reactive ketones (excluding diaryl/α,β-unsaturated/α-hetero) is 1. The van der Waals surface area contributed by atoms with Gasteiger partial charge in [-0.1, -0.05) is 19.1 Å². The van der Waals surface area contributed by atoms with Gasteiger partial charge in [0.15, 0.2) is 5.78 Å². The standard InChI is InChI=1S/C14H14F3N3O/c1-2-7-20-13(18-9-19-20)8-12(21)10-3-5-11(6-4-10)14(15,16)17/h3-6,9H,2,7-8H2,1H3. The second kappa shape index (κ2) is 6.07. The summed E-state index contributed by atoms with van der Waals surface area (Å²) >= 11 is 0. The summed E-state index contributed by atoms with van der Waals surface area (Å²) in [5.41, 5.74) is -0.540. The molecule has 0 aliphatic heterocycles. The predicted molar refractivity (Wildman–Crippen MR) is 69.8 cm³/mol. The molecule has 0 unspecified atom stereocenters. The van der Waals surface area contributed by atoms with Crippen LogP contribution in [0, 0.1) is 0 Å². The number of hydrogen-bond acceptors (Lipinski definition) is 3. The molecule has 1 aromatic carbocycles. The Labute approximate surface area is 119 Å². The van der Waals surface area contributed by atoms with E-state index in [2.05, 4.69) is 10.1 Å². The Kier molecular flexibility index (Phi) is 4.40. The largest absolute Gasteiger partial charge is 0.416 e. The normalized spacial score (nSPS) is 11.6. The van der Waals surface area contributed by atoms with Crippen molar-refractivity contribution in [2.75, 3.05) is 0 Å². The van der Waals surface area contributed by atoms with Gasteiger partial charge in [-0.15, -0.1) is 0 Å². The summed E-state index contributed by atoms with van der Waals surface area (Å²) in [6.07, 6.45) is -2.16. The average molecular weight is 297 g/mol. The molecule has 21 heavy (non-hydrogen) atoms. The Bertz CT molecular complexity index is 617. The van der Waals surface area contributed by atoms with Gasteiger partial charge in [0.1, 0.15) is 12.2 Å². The first-order valence-corrected chi connectivity index (χ1v) is 6.49. The third-order valence-corrected chi connectivity index (χ3v) is 2.98. The third-order valence-electron chi connectivity index (χ3n) is 2.98. The van der Waals surface area contributed by atoms with Gasteiger partial charge in [-0.25, -0.2) is 9.67 Å². The molecule has 4 nitrogen and oxygen atoms in total. The van der Waals surface area contributed by atoms with Crippen molar-refractivity contribution in [3.63, 3.8) is 0 Å². The van der Waals surface area contributed by atoms with Crippen LogP contribution in [0.3, 0.4) is 0 Å². The maximum Gasteiger partial charge on any atom is 0.416 e. The predicted octanol–water partition coefficient (Wildman–Crippen LogP) is 3.13. The van der Waals surface area contributed by atoms with E-state index in [0.717, 1.165) is 18.6 Å². The van der Waals surface area contributed by atoms with E-state index in [1.54, 1.807) is 4.68 Å². The van der Waals surface area contributed by atoms with E-state index in [-0.39, 0.29) is 17.8 Å². The minimum absolute atomic E-state index is 0.0192. The molecule has 1 heterocycles. The van der Waals surface area contributed by atoms with Gasteiger partial charge in [-0.3, -0.25) is 4.79 Å². The summed E-state index contributed by atoms with van der Waals surface area (Å²) < 4.78 is 39.0. The fourth-order valence-corrected chi connectivity index (χ4v) is 1.91. The zero-order valence-corrected chi connectivity index (χ0v) is 11.4. The van der Waals surface area contributed by atoms with Crippen LogP contribution < -0.4 is 0 Å². The lowest BCUT2D eigenvalue weighted by Gasteiger charge is -2.07. The number of carbonyl (C=O) groups is 1. The minimum Gasteiger partial charge on any atom is -0.294 e. The van der Waals surface area contributed by atoms with Crippen LogP contribution in [0.2, 0.25) is 0 Å². The second-order valence-electron chi connectivity index (χ2n) is 4.57. The van der Waals surface area contributed by atoms with Crippen molar-refractivity contribution in [3.8, 4) is 0 Å². The summed E-state index contributed by atoms with van der Waals surface area (Å²) in [5, 5.41) is 4.00. The topological polar surface area (TPSA) is 47.8 Å². The molecule has 112 valence electrons. The number of ketones is 1. The van der Waals surface area contributed by atoms with E-state index in [4.69, 9.17) is 0 Å². The molecule has 1 aromatic heterocycles. The number of rotatable bonds is 5. The highest BCUT2D eigenvalue weighted by Crippen LogP contribution is 2.29. The first kappa shape index (κ1) is 15.2. The van der Waals surface area contributed by atoms with Crippen molar-refractivity contribution in [2.24, 2.45) is 0 Å². The molecule has 0 bridgehead atoms. The first-order chi connectivity index (χ1) is 9.91. The lowest BCUT2D eigenvalue weighted by atomic mass is 10.1. The van der Waals surface area contributed by atoms with Crippen LogP contribution in [0.4, 0.5) is 13.2 Å². The molecular formula is C14H14F3N3O. The number of benzene rings is 1. The fraction of sp³-hybridized carbons (Fsp3) is 0.357. The Morgan fingerprint density at radius 3 is 2.48 bits per heavy atom. The average Bonchev–Trinajstić information content (AvgIpc) is 2.86. The van der Waals surface area contributed by atoms with Crippen LogP contribution in [0.1, 0.15) is 35.1 Å². The molecular weight excluding hydrogens is 283 g/mol. The molecule has 0 aliphatic carbocycles. The van der Waals surface area contributed by atoms with Crippen molar-refractivity contribution < 1.29 is 18.0 Å². The monoisotopic (exact) mass is 297 g/mol. The van der Waals surface area contributed by atoms with Gasteiger partial charge >= 0.3 is 6.18 Å². The maximum absolute atomic E-state index is 12.5. The number of aryl methyl sites for hydroxylation is 1. The molecule has 0 amide bonds. The summed E-state index contributed by atoms with van der Waals surface area (Å²) in [4.78, 5) is 16.1. The SMILES string of the molecule is CCCn1ncnc1CC(=O)c1ccc(C(F)(F)F)cc1. The van der Waals surface area contributed by atoms with Crippen LogP contribution in [0.5, 0.6) is 0 Å². The van der Waals surface area contributed by atoms with Crippen molar-refractivity contribution >= 4 is 5.78 Å². The molecule has 7 heteroatoms. The molecule has 0 N–H and O–H groups in total. The van der Waals surface area contributed by atoms with Gasteiger partial charge in [0.05, 0.1) is 12.0 Å². The van der Waals surface area contributed by atoms with E-state index in [1.165, 1.54) is 18.5 Å². The molecule has 0 fully saturated rings. The van der Waals surface area contributed by atoms with E-state index in [0.29, 0.717) is 12.4 Å². The summed E-state index contributed by atoms with van der Waals surface area (Å²) in [6.45, 7) is 2.62. The lowest BCUT2D eigenvalue weighted by molar-refractivity contribution is -0.137. The van der Waals surface area contributed by atoms with Crippen LogP contribution in [-0.2, 0) is 19.1 Å². The van der Waals surface area contributed by atoms with Crippen molar-refractivity contribution in [2.45, 2.75) is 32.5 Å². The van der Waals surface area contributed by atoms with E-state index >= 15 is 0 Å². The summed E-state index contributed by atoms with van der Waals surface area (Å²) in [7, 11) is 0. The van der Waals surface area contributed by atoms with Crippen molar-refractivity contribution in [1.29, 1.82) is 0 Å². The quantitative estimate of drug-likeness (QED) is 0.797. The van der Waals surface area contributed by atoms with Crippen LogP contribution in [-0.4, -0.2) is 20.5 Å². The van der Waals surface area contributed by atoms with Crippen LogP contribution in [0.15, 0.2) is 30.6 Å². The van der Waals surface area contributed by atoms with Gasteiger partial charge in [0, 0.05) is 12.1 Å². The highest BCUT2D eigenvalue weighted by molar-refractivity contribution is 5.97. The molecule has 0 saturated heterocycles. The zero-order chi connectivity index (χ0) is 15.5. The van der Waals surface area contributed by atoms with Gasteiger partial charge in [0.25, 0.3) is 0 Å². The van der Waals surface area contributed by atoms with Crippen LogP contribution >= 0.6 is 0 Å². The van der Waals surface area contributed by atoms with Crippen molar-refractivity contribution in [3.05, 3.63) is 47.5 Å². The number of hydrogen-bond donors (Lipinski definition) is 0. The third kappa shape index (κ3) is 3.68. The van der Waals surface area contributed by atoms with Gasteiger partial charge in [0.2, 0.25) is 0 Å². The second-order valence-corrected chi connectivity index (χ2v) is 4.57. The molecule has 2 rings (SSSR count). The van der Waals surface area contributed by atoms with Gasteiger partial charge < -0.3 is 0 Å². The smallest absolute Gasteiger partial charge is 0.294 e. The Balaban J connectivity index is 2.11. The zero-order valence-electron chi connectivity index (χ0n) is 11.4. The first-order valence-electron chi connectivity index (χ1n) is 6.49. The van der Waals surface area contributed by atoms with E-state index in [9.17, 15) is 18.0 Å². The van der Waals surface area contributed by atoms with Crippen molar-refractivity contribution in [1.82, 2.24) is 14.8 Å². The highest BCUT2D eigenvalue weighted by Gasteiger charge is 2.30. The Morgan fingerprint density at radius 1 is 1.24 bits per heavy atom. The van der Waals surface area contributed by atoms with Gasteiger partial charge in [-0.05, 0) is 18.6 Å². The summed E-state index contributed by atoms with van der Waals surface area (Å²) in [5.74, 6) is 0.232. The molecule has 0 spiro atoms. The Hall–Kier alpha value is -2.18.